The van der Waals surface area contributed by atoms with Crippen LogP contribution in [-0.4, -0.2) is 27.8 Å². The summed E-state index contributed by atoms with van der Waals surface area (Å²) in [5.74, 6) is 4.59. The predicted octanol–water partition coefficient (Wildman–Crippen LogP) is 9.92. The molecule has 352 valence electrons. The van der Waals surface area contributed by atoms with E-state index < -0.39 is 21.1 Å². The Balaban J connectivity index is 0.000000233. The zero-order chi connectivity index (χ0) is 48.1. The molecule has 0 radical (unpaired) electrons. The van der Waals surface area contributed by atoms with Gasteiger partial charge >= 0.3 is 34.5 Å². The van der Waals surface area contributed by atoms with Crippen molar-refractivity contribution in [2.45, 2.75) is 17.3 Å². The first-order valence-corrected chi connectivity index (χ1v) is 30.0. The number of hydrogen-bond donors (Lipinski definition) is 3. The molecule has 4 N–H and O–H groups in total. The molecular weight excluding hydrogens is 1050 g/mol. The summed E-state index contributed by atoms with van der Waals surface area (Å²) >= 11 is 5.20. The van der Waals surface area contributed by atoms with Gasteiger partial charge in [0.15, 0.2) is 23.0 Å². The van der Waals surface area contributed by atoms with Crippen molar-refractivity contribution in [1.82, 2.24) is 0 Å². The molecule has 8 aromatic rings. The van der Waals surface area contributed by atoms with Crippen molar-refractivity contribution in [3.05, 3.63) is 216 Å². The van der Waals surface area contributed by atoms with Gasteiger partial charge in [-0.15, -0.1) is 0 Å². The van der Waals surface area contributed by atoms with Crippen molar-refractivity contribution in [3.8, 4) is 34.5 Å². The SMILES string of the molecule is COc1ccc(C(N)C(N)c2ccc(OC)cc2)cc1.SC(c1c([PH+](c2ccccc2)c2ccccc2)ccc2c1OCO2)c1c([PH+](c2ccccc2)c2ccccc2)ccc2c1OCO2.[Cl][Ru+2][Cl]. The normalized spacial score (nSPS) is 13.0. The molecule has 0 amide bonds. The van der Waals surface area contributed by atoms with Crippen LogP contribution in [-0.2, 0) is 15.1 Å². The minimum absolute atomic E-state index is 0.174. The van der Waals surface area contributed by atoms with Crippen LogP contribution in [0.2, 0.25) is 0 Å². The summed E-state index contributed by atoms with van der Waals surface area (Å²) in [6.07, 6.45) is 0. The zero-order valence-corrected chi connectivity index (χ0v) is 43.9. The maximum atomic E-state index is 6.31. The van der Waals surface area contributed by atoms with Gasteiger partial charge in [0, 0.05) is 12.1 Å². The van der Waals surface area contributed by atoms with E-state index in [2.05, 4.69) is 146 Å². The molecule has 0 fully saturated rings. The van der Waals surface area contributed by atoms with E-state index in [-0.39, 0.29) is 40.8 Å². The van der Waals surface area contributed by atoms with E-state index in [9.17, 15) is 0 Å². The summed E-state index contributed by atoms with van der Waals surface area (Å²) in [5.41, 5.74) is 16.5. The first kappa shape index (κ1) is 50.3. The Morgan fingerprint density at radius 1 is 0.464 bits per heavy atom. The van der Waals surface area contributed by atoms with Gasteiger partial charge in [-0.2, -0.15) is 12.6 Å². The van der Waals surface area contributed by atoms with E-state index in [1.165, 1.54) is 31.8 Å². The molecule has 2 atom stereocenters. The van der Waals surface area contributed by atoms with Gasteiger partial charge in [-0.3, -0.25) is 0 Å². The molecule has 0 aromatic heterocycles. The van der Waals surface area contributed by atoms with E-state index in [1.54, 1.807) is 14.2 Å². The Morgan fingerprint density at radius 3 is 1.06 bits per heavy atom. The second-order valence-corrected chi connectivity index (χ2v) is 23.8. The molecule has 8 nitrogen and oxygen atoms in total. The van der Waals surface area contributed by atoms with Gasteiger partial charge in [-0.25, -0.2) is 0 Å². The van der Waals surface area contributed by atoms with Crippen molar-refractivity contribution >= 4 is 79.7 Å². The van der Waals surface area contributed by atoms with Crippen molar-refractivity contribution in [3.63, 3.8) is 0 Å². The number of nitrogens with two attached hydrogens (primary N) is 2. The van der Waals surface area contributed by atoms with Gasteiger partial charge in [0.2, 0.25) is 13.6 Å². The van der Waals surface area contributed by atoms with Gasteiger partial charge in [0.25, 0.3) is 0 Å². The van der Waals surface area contributed by atoms with Gasteiger partial charge in [0.1, 0.15) is 43.3 Å². The molecule has 0 saturated heterocycles. The van der Waals surface area contributed by atoms with Crippen molar-refractivity contribution in [2.24, 2.45) is 11.5 Å². The van der Waals surface area contributed by atoms with Crippen LogP contribution in [0.15, 0.2) is 194 Å². The van der Waals surface area contributed by atoms with Gasteiger partial charge in [0.05, 0.1) is 46.4 Å². The third-order valence-electron chi connectivity index (χ3n) is 11.9. The summed E-state index contributed by atoms with van der Waals surface area (Å²) in [4.78, 5) is 0. The molecule has 2 heterocycles. The number of fused-ring (bicyclic) bond motifs is 2. The van der Waals surface area contributed by atoms with Gasteiger partial charge in [-0.05, 0) is 108 Å². The van der Waals surface area contributed by atoms with Crippen molar-refractivity contribution in [1.29, 1.82) is 0 Å². The average Bonchev–Trinajstić information content (AvgIpc) is 4.11. The molecule has 2 unspecified atom stereocenters. The second kappa shape index (κ2) is 24.6. The zero-order valence-electron chi connectivity index (χ0n) is 37.8. The summed E-state index contributed by atoms with van der Waals surface area (Å²) in [6, 6.07) is 66.4. The third-order valence-corrected chi connectivity index (χ3v) is 18.0. The molecule has 10 rings (SSSR count). The number of hydrogen-bond acceptors (Lipinski definition) is 9. The predicted molar refractivity (Wildman–Crippen MR) is 288 cm³/mol. The molecule has 14 heteroatoms. The van der Waals surface area contributed by atoms with E-state index in [1.807, 2.05) is 48.5 Å². The quantitative estimate of drug-likeness (QED) is 0.0596. The number of methoxy groups -OCH3 is 2. The van der Waals surface area contributed by atoms with Crippen LogP contribution < -0.4 is 71.7 Å². The Kier molecular flexibility index (Phi) is 18.0. The Bertz CT molecular complexity index is 2610. The van der Waals surface area contributed by atoms with E-state index in [0.717, 1.165) is 56.8 Å². The first-order chi connectivity index (χ1) is 33.8. The molecule has 0 aliphatic carbocycles. The fourth-order valence-corrected chi connectivity index (χ4v) is 14.9. The second-order valence-electron chi connectivity index (χ2n) is 15.8. The van der Waals surface area contributed by atoms with Gasteiger partial charge in [-0.1, -0.05) is 97.1 Å². The molecule has 0 spiro atoms. The Labute approximate surface area is 427 Å². The molecular formula is C55H52Cl2N2O6P2RuS+4. The fourth-order valence-electron chi connectivity index (χ4n) is 8.55. The summed E-state index contributed by atoms with van der Waals surface area (Å²) < 4.78 is 34.8. The standard InChI is InChI=1S/C39H30O4P2S.C16H20N2O2.2ClH.Ru/c46-39(35-33(23-21-31-37(35)42-25-40-31)44(27-13-5-1-6-14-27)28-15-7-2-8-16-28)36-34(24-22-32-38(36)43-26-41-32)45(29-17-9-3-10-18-29)30-19-11-4-12-20-30;1-19-13-7-3-11(4-8-13)15(17)16(18)12-5-9-14(20-2)10-6-12;;;/h1-24,39,46H,25-26H2;3-10,15-16H,17-18H2,1-2H3;2*1H;/q;;;;+4. The number of ether oxygens (including phenoxy) is 6. The van der Waals surface area contributed by atoms with Crippen LogP contribution in [0.25, 0.3) is 0 Å². The average molecular weight is 1100 g/mol. The van der Waals surface area contributed by atoms with Crippen LogP contribution in [0, 0.1) is 0 Å². The molecule has 8 aromatic carbocycles. The third kappa shape index (κ3) is 11.7. The van der Waals surface area contributed by atoms with E-state index in [0.29, 0.717) is 0 Å². The van der Waals surface area contributed by atoms with E-state index in [4.69, 9.17) is 71.9 Å². The van der Waals surface area contributed by atoms with Crippen LogP contribution >= 0.6 is 47.9 Å². The topological polar surface area (TPSA) is 107 Å². The molecule has 2 aliphatic rings. The Hall–Kier alpha value is -5.11. The van der Waals surface area contributed by atoms with Crippen LogP contribution in [0.3, 0.4) is 0 Å². The van der Waals surface area contributed by atoms with Crippen molar-refractivity contribution < 1.29 is 43.6 Å². The van der Waals surface area contributed by atoms with Gasteiger partial charge < -0.3 is 39.9 Å². The van der Waals surface area contributed by atoms with E-state index >= 15 is 0 Å². The summed E-state index contributed by atoms with van der Waals surface area (Å²) in [6.45, 7) is 0.348. The molecule has 2 aliphatic heterocycles. The number of rotatable bonds is 13. The molecule has 0 saturated carbocycles. The summed E-state index contributed by atoms with van der Waals surface area (Å²) in [7, 11) is 10.0. The first-order valence-electron chi connectivity index (χ1n) is 22.0. The fraction of sp³-hybridized carbons (Fsp3) is 0.127. The number of thiol groups is 1. The molecule has 69 heavy (non-hydrogen) atoms. The Morgan fingerprint density at radius 2 is 0.768 bits per heavy atom. The number of halogens is 2. The van der Waals surface area contributed by atoms with Crippen molar-refractivity contribution in [2.75, 3.05) is 27.8 Å². The van der Waals surface area contributed by atoms with Crippen LogP contribution in [0.1, 0.15) is 39.6 Å². The van der Waals surface area contributed by atoms with Crippen LogP contribution in [0.4, 0.5) is 0 Å². The number of benzene rings is 8. The minimum atomic E-state index is -1.48. The summed E-state index contributed by atoms with van der Waals surface area (Å²) in [5, 5.41) is 7.18. The maximum absolute atomic E-state index is 6.31. The van der Waals surface area contributed by atoms with Crippen LogP contribution in [0.5, 0.6) is 34.5 Å². The molecule has 0 bridgehead atoms. The monoisotopic (exact) mass is 1100 g/mol.